The number of likely N-dealkylation sites (N-methyl/N-ethyl adjacent to an activating group) is 1. The van der Waals surface area contributed by atoms with Crippen LogP contribution in [0.15, 0.2) is 6.07 Å². The van der Waals surface area contributed by atoms with E-state index in [0.717, 1.165) is 14.0 Å². The molecule has 1 amide bonds. The lowest BCUT2D eigenvalue weighted by Gasteiger charge is -2.21. The van der Waals surface area contributed by atoms with Crippen LogP contribution in [0.25, 0.3) is 0 Å². The third-order valence-electron chi connectivity index (χ3n) is 2.62. The Morgan fingerprint density at radius 2 is 1.79 bits per heavy atom. The van der Waals surface area contributed by atoms with Gasteiger partial charge in [-0.15, -0.1) is 0 Å². The summed E-state index contributed by atoms with van der Waals surface area (Å²) in [5.74, 6) is -9.25. The van der Waals surface area contributed by atoms with Crippen LogP contribution in [0.2, 0.25) is 0 Å². The number of nitrogens with zero attached hydrogens (tertiary/aromatic N) is 1. The Hall–Kier alpha value is -2.25. The van der Waals surface area contributed by atoms with Crippen LogP contribution in [0.1, 0.15) is 17.3 Å². The molecular formula is C11H10F3NO4. The van der Waals surface area contributed by atoms with Crippen molar-refractivity contribution in [3.8, 4) is 5.75 Å². The molecule has 0 spiro atoms. The summed E-state index contributed by atoms with van der Waals surface area (Å²) in [6.45, 7) is 1.15. The van der Waals surface area contributed by atoms with Gasteiger partial charge in [0.2, 0.25) is 5.82 Å². The molecule has 0 fully saturated rings. The summed E-state index contributed by atoms with van der Waals surface area (Å²) in [6, 6.07) is -1.04. The maximum atomic E-state index is 13.5. The zero-order valence-corrected chi connectivity index (χ0v) is 9.95. The Bertz CT molecular complexity index is 547. The molecule has 0 aliphatic rings. The van der Waals surface area contributed by atoms with Gasteiger partial charge >= 0.3 is 5.97 Å². The van der Waals surface area contributed by atoms with Crippen LogP contribution < -0.4 is 0 Å². The second kappa shape index (κ2) is 5.17. The van der Waals surface area contributed by atoms with Crippen molar-refractivity contribution in [2.45, 2.75) is 13.0 Å². The maximum absolute atomic E-state index is 13.5. The summed E-state index contributed by atoms with van der Waals surface area (Å²) in [7, 11) is 1.05. The number of amides is 1. The van der Waals surface area contributed by atoms with Gasteiger partial charge in [-0.1, -0.05) is 0 Å². The van der Waals surface area contributed by atoms with E-state index in [4.69, 9.17) is 10.2 Å². The van der Waals surface area contributed by atoms with Crippen LogP contribution in [0, 0.1) is 17.5 Å². The Labute approximate surface area is 105 Å². The minimum atomic E-state index is -1.82. The smallest absolute Gasteiger partial charge is 0.326 e. The lowest BCUT2D eigenvalue weighted by atomic mass is 10.1. The average molecular weight is 277 g/mol. The number of hydrogen-bond acceptors (Lipinski definition) is 3. The number of aliphatic carboxylic acids is 1. The van der Waals surface area contributed by atoms with Crippen LogP contribution in [-0.4, -0.2) is 40.1 Å². The number of hydrogen-bond donors (Lipinski definition) is 2. The second-order valence-corrected chi connectivity index (χ2v) is 3.81. The van der Waals surface area contributed by atoms with Crippen molar-refractivity contribution >= 4 is 11.9 Å². The molecule has 0 aromatic heterocycles. The Morgan fingerprint density at radius 3 is 2.26 bits per heavy atom. The zero-order chi connectivity index (χ0) is 14.9. The van der Waals surface area contributed by atoms with E-state index in [1.54, 1.807) is 0 Å². The average Bonchev–Trinajstić information content (AvgIpc) is 2.37. The molecular weight excluding hydrogens is 267 g/mol. The lowest BCUT2D eigenvalue weighted by Crippen LogP contribution is -2.40. The number of carboxylic acids is 1. The molecule has 2 N–H and O–H groups in total. The molecule has 1 rings (SSSR count). The standard InChI is InChI=1S/C11H10F3NO4/c1-4(11(18)19)15(2)10(17)5-3-6(12)8(14)9(16)7(5)13/h3-4,16H,1-2H3,(H,18,19). The number of carbonyl (C=O) groups excluding carboxylic acids is 1. The predicted octanol–water partition coefficient (Wildman–Crippen LogP) is 1.35. The quantitative estimate of drug-likeness (QED) is 0.818. The number of aromatic hydroxyl groups is 1. The first-order valence-electron chi connectivity index (χ1n) is 5.04. The molecule has 19 heavy (non-hydrogen) atoms. The van der Waals surface area contributed by atoms with E-state index >= 15 is 0 Å². The molecule has 0 aliphatic heterocycles. The number of carbonyl (C=O) groups is 2. The number of halogens is 3. The van der Waals surface area contributed by atoms with Crippen molar-refractivity contribution in [2.75, 3.05) is 7.05 Å². The molecule has 1 aromatic carbocycles. The molecule has 0 radical (unpaired) electrons. The van der Waals surface area contributed by atoms with E-state index in [1.807, 2.05) is 0 Å². The number of rotatable bonds is 3. The molecule has 0 saturated heterocycles. The maximum Gasteiger partial charge on any atom is 0.326 e. The van der Waals surface area contributed by atoms with Crippen molar-refractivity contribution in [1.29, 1.82) is 0 Å². The van der Waals surface area contributed by atoms with Gasteiger partial charge in [0.1, 0.15) is 6.04 Å². The fourth-order valence-corrected chi connectivity index (χ4v) is 1.28. The molecule has 5 nitrogen and oxygen atoms in total. The number of carboxylic acid groups (broad SMARTS) is 1. The highest BCUT2D eigenvalue weighted by atomic mass is 19.2. The van der Waals surface area contributed by atoms with E-state index < -0.39 is 46.7 Å². The molecule has 104 valence electrons. The van der Waals surface area contributed by atoms with E-state index in [9.17, 15) is 22.8 Å². The van der Waals surface area contributed by atoms with Crippen LogP contribution in [-0.2, 0) is 4.79 Å². The third kappa shape index (κ3) is 2.61. The summed E-state index contributed by atoms with van der Waals surface area (Å²) >= 11 is 0. The predicted molar refractivity (Wildman–Crippen MR) is 57.2 cm³/mol. The Kier molecular flexibility index (Phi) is 4.03. The van der Waals surface area contributed by atoms with E-state index in [1.165, 1.54) is 0 Å². The van der Waals surface area contributed by atoms with Crippen molar-refractivity contribution in [1.82, 2.24) is 4.90 Å². The van der Waals surface area contributed by atoms with Crippen molar-refractivity contribution in [3.63, 3.8) is 0 Å². The van der Waals surface area contributed by atoms with Gasteiger partial charge in [0, 0.05) is 7.05 Å². The molecule has 1 aromatic rings. The zero-order valence-electron chi connectivity index (χ0n) is 9.95. The fraction of sp³-hybridized carbons (Fsp3) is 0.273. The van der Waals surface area contributed by atoms with Crippen LogP contribution in [0.4, 0.5) is 13.2 Å². The van der Waals surface area contributed by atoms with Gasteiger partial charge in [0.15, 0.2) is 17.4 Å². The van der Waals surface area contributed by atoms with Gasteiger partial charge in [-0.25, -0.2) is 13.6 Å². The summed E-state index contributed by atoms with van der Waals surface area (Å²) in [5, 5.41) is 17.7. The SMILES string of the molecule is CC(C(=O)O)N(C)C(=O)c1cc(F)c(F)c(O)c1F. The minimum Gasteiger partial charge on any atom is -0.503 e. The topological polar surface area (TPSA) is 77.8 Å². The normalized spacial score (nSPS) is 12.1. The van der Waals surface area contributed by atoms with Crippen LogP contribution in [0.3, 0.4) is 0 Å². The fourth-order valence-electron chi connectivity index (χ4n) is 1.28. The van der Waals surface area contributed by atoms with Gasteiger partial charge in [0.25, 0.3) is 5.91 Å². The summed E-state index contributed by atoms with van der Waals surface area (Å²) in [4.78, 5) is 23.1. The number of benzene rings is 1. The molecule has 0 saturated carbocycles. The van der Waals surface area contributed by atoms with E-state index in [-0.39, 0.29) is 6.07 Å². The molecule has 1 atom stereocenters. The van der Waals surface area contributed by atoms with Gasteiger partial charge < -0.3 is 15.1 Å². The van der Waals surface area contributed by atoms with Crippen molar-refractivity contribution in [3.05, 3.63) is 29.1 Å². The minimum absolute atomic E-state index is 0.262. The highest BCUT2D eigenvalue weighted by molar-refractivity contribution is 5.97. The Morgan fingerprint density at radius 1 is 1.26 bits per heavy atom. The first-order valence-corrected chi connectivity index (χ1v) is 5.04. The second-order valence-electron chi connectivity index (χ2n) is 3.81. The van der Waals surface area contributed by atoms with Gasteiger partial charge in [0.05, 0.1) is 5.56 Å². The summed E-state index contributed by atoms with van der Waals surface area (Å²) < 4.78 is 39.3. The third-order valence-corrected chi connectivity index (χ3v) is 2.62. The van der Waals surface area contributed by atoms with Gasteiger partial charge in [-0.2, -0.15) is 4.39 Å². The number of phenolic OH excluding ortho intramolecular Hbond substituents is 1. The van der Waals surface area contributed by atoms with E-state index in [2.05, 4.69) is 0 Å². The summed E-state index contributed by atoms with van der Waals surface area (Å²) in [6.07, 6.45) is 0. The number of phenols is 1. The van der Waals surface area contributed by atoms with Gasteiger partial charge in [-0.3, -0.25) is 4.79 Å². The van der Waals surface area contributed by atoms with Gasteiger partial charge in [-0.05, 0) is 13.0 Å². The summed E-state index contributed by atoms with van der Waals surface area (Å²) in [5.41, 5.74) is -0.952. The molecule has 0 bridgehead atoms. The Balaban J connectivity index is 3.24. The van der Waals surface area contributed by atoms with Crippen LogP contribution in [0.5, 0.6) is 5.75 Å². The molecule has 1 unspecified atom stereocenters. The monoisotopic (exact) mass is 277 g/mol. The first kappa shape index (κ1) is 14.8. The van der Waals surface area contributed by atoms with E-state index in [0.29, 0.717) is 4.90 Å². The largest absolute Gasteiger partial charge is 0.503 e. The van der Waals surface area contributed by atoms with Crippen LogP contribution >= 0.6 is 0 Å². The molecule has 8 heteroatoms. The molecule has 0 aliphatic carbocycles. The van der Waals surface area contributed by atoms with Crippen molar-refractivity contribution < 1.29 is 33.0 Å². The lowest BCUT2D eigenvalue weighted by molar-refractivity contribution is -0.141. The first-order chi connectivity index (χ1) is 8.68. The highest BCUT2D eigenvalue weighted by Crippen LogP contribution is 2.26. The highest BCUT2D eigenvalue weighted by Gasteiger charge is 2.28. The van der Waals surface area contributed by atoms with Crippen molar-refractivity contribution in [2.24, 2.45) is 0 Å². The molecule has 0 heterocycles.